The fraction of sp³-hybridized carbons (Fsp3) is 0.286. The number of sulfonamides is 1. The van der Waals surface area contributed by atoms with E-state index >= 15 is 0 Å². The van der Waals surface area contributed by atoms with Crippen LogP contribution in [0.1, 0.15) is 0 Å². The molecule has 0 N–H and O–H groups in total. The number of carbonyl (C=O) groups excluding carboxylic acids is 1. The van der Waals surface area contributed by atoms with Crippen molar-refractivity contribution >= 4 is 44.0 Å². The number of anilines is 1. The Hall–Kier alpha value is -1.68. The van der Waals surface area contributed by atoms with Gasteiger partial charge in [0.15, 0.2) is 5.13 Å². The number of ether oxygens (including phenoxy) is 1. The molecule has 2 aromatic rings. The average Bonchev–Trinajstić information content (AvgIpc) is 3.08. The lowest BCUT2D eigenvalue weighted by Gasteiger charge is -2.32. The topological polar surface area (TPSA) is 79.8 Å². The van der Waals surface area contributed by atoms with E-state index in [4.69, 9.17) is 16.3 Å². The highest BCUT2D eigenvalue weighted by molar-refractivity contribution is 7.89. The monoisotopic (exact) mass is 387 g/mol. The second kappa shape index (κ2) is 6.67. The zero-order valence-corrected chi connectivity index (χ0v) is 15.1. The first-order chi connectivity index (χ1) is 11.4. The molecule has 128 valence electrons. The third-order valence-corrected chi connectivity index (χ3v) is 6.53. The predicted molar refractivity (Wildman–Crippen MR) is 91.2 cm³/mol. The summed E-state index contributed by atoms with van der Waals surface area (Å²) in [5, 5.41) is 2.54. The largest absolute Gasteiger partial charge is 0.495 e. The van der Waals surface area contributed by atoms with E-state index in [-0.39, 0.29) is 35.5 Å². The first-order valence-electron chi connectivity index (χ1n) is 6.97. The lowest BCUT2D eigenvalue weighted by Crippen LogP contribution is -2.52. The SMILES string of the molecule is COc1ccc(S(=O)(=O)N2CCN(c3nccs3)C(=O)C2)cc1Cl. The van der Waals surface area contributed by atoms with Gasteiger partial charge in [-0.25, -0.2) is 13.4 Å². The van der Waals surface area contributed by atoms with Crippen LogP contribution in [0.3, 0.4) is 0 Å². The lowest BCUT2D eigenvalue weighted by atomic mass is 10.3. The van der Waals surface area contributed by atoms with Crippen LogP contribution in [0.25, 0.3) is 0 Å². The minimum atomic E-state index is -3.81. The van der Waals surface area contributed by atoms with Crippen LogP contribution < -0.4 is 9.64 Å². The zero-order chi connectivity index (χ0) is 17.3. The number of nitrogens with zero attached hydrogens (tertiary/aromatic N) is 3. The van der Waals surface area contributed by atoms with Crippen molar-refractivity contribution in [1.82, 2.24) is 9.29 Å². The van der Waals surface area contributed by atoms with Crippen molar-refractivity contribution in [2.45, 2.75) is 4.90 Å². The number of aromatic nitrogens is 1. The summed E-state index contributed by atoms with van der Waals surface area (Å²) in [6.45, 7) is 0.221. The van der Waals surface area contributed by atoms with E-state index in [0.29, 0.717) is 10.9 Å². The lowest BCUT2D eigenvalue weighted by molar-refractivity contribution is -0.119. The summed E-state index contributed by atoms with van der Waals surface area (Å²) >= 11 is 7.34. The molecule has 0 radical (unpaired) electrons. The van der Waals surface area contributed by atoms with Crippen LogP contribution in [0.15, 0.2) is 34.7 Å². The minimum Gasteiger partial charge on any atom is -0.495 e. The van der Waals surface area contributed by atoms with E-state index in [9.17, 15) is 13.2 Å². The van der Waals surface area contributed by atoms with Gasteiger partial charge in [-0.15, -0.1) is 11.3 Å². The van der Waals surface area contributed by atoms with Gasteiger partial charge in [0.1, 0.15) is 5.75 Å². The standard InChI is InChI=1S/C14H14ClN3O4S2/c1-22-12-3-2-10(8-11(12)15)24(20,21)17-5-6-18(13(19)9-17)14-16-4-7-23-14/h2-4,7-8H,5-6,9H2,1H3. The maximum atomic E-state index is 12.7. The van der Waals surface area contributed by atoms with Gasteiger partial charge in [0.2, 0.25) is 15.9 Å². The summed E-state index contributed by atoms with van der Waals surface area (Å²) in [6.07, 6.45) is 1.61. The van der Waals surface area contributed by atoms with Gasteiger partial charge in [0.25, 0.3) is 0 Å². The molecule has 24 heavy (non-hydrogen) atoms. The van der Waals surface area contributed by atoms with Crippen LogP contribution in [-0.2, 0) is 14.8 Å². The van der Waals surface area contributed by atoms with Gasteiger partial charge >= 0.3 is 0 Å². The fourth-order valence-corrected chi connectivity index (χ4v) is 4.78. The van der Waals surface area contributed by atoms with Crippen LogP contribution in [0.5, 0.6) is 5.75 Å². The highest BCUT2D eigenvalue weighted by Crippen LogP contribution is 2.29. The molecule has 3 rings (SSSR count). The molecule has 7 nitrogen and oxygen atoms in total. The van der Waals surface area contributed by atoms with Gasteiger partial charge in [-0.2, -0.15) is 4.31 Å². The molecule has 10 heteroatoms. The number of hydrogen-bond donors (Lipinski definition) is 0. The number of carbonyl (C=O) groups is 1. The number of benzene rings is 1. The first kappa shape index (κ1) is 17.2. The van der Waals surface area contributed by atoms with Crippen molar-refractivity contribution in [2.75, 3.05) is 31.6 Å². The molecule has 0 spiro atoms. The Bertz CT molecular complexity index is 855. The van der Waals surface area contributed by atoms with Crippen LogP contribution in [0.2, 0.25) is 5.02 Å². The van der Waals surface area contributed by atoms with E-state index in [1.165, 1.54) is 41.5 Å². The molecule has 1 fully saturated rings. The molecule has 1 aliphatic heterocycles. The molecule has 1 saturated heterocycles. The summed E-state index contributed by atoms with van der Waals surface area (Å²) in [6, 6.07) is 4.23. The van der Waals surface area contributed by atoms with Crippen molar-refractivity contribution in [1.29, 1.82) is 0 Å². The van der Waals surface area contributed by atoms with Crippen molar-refractivity contribution in [3.05, 3.63) is 34.8 Å². The van der Waals surface area contributed by atoms with E-state index in [1.54, 1.807) is 11.6 Å². The van der Waals surface area contributed by atoms with Crippen molar-refractivity contribution < 1.29 is 17.9 Å². The normalized spacial score (nSPS) is 16.4. The molecular weight excluding hydrogens is 374 g/mol. The maximum absolute atomic E-state index is 12.7. The van der Waals surface area contributed by atoms with E-state index in [1.807, 2.05) is 0 Å². The molecule has 1 aliphatic rings. The number of hydrogen-bond acceptors (Lipinski definition) is 6. The predicted octanol–water partition coefficient (Wildman–Crippen LogP) is 1.84. The number of rotatable bonds is 4. The minimum absolute atomic E-state index is 0.0313. The second-order valence-corrected chi connectivity index (χ2v) is 8.21. The first-order valence-corrected chi connectivity index (χ1v) is 9.67. The molecule has 1 aromatic carbocycles. The van der Waals surface area contributed by atoms with Crippen molar-refractivity contribution in [2.24, 2.45) is 0 Å². The van der Waals surface area contributed by atoms with E-state index in [2.05, 4.69) is 4.98 Å². The Morgan fingerprint density at radius 1 is 1.33 bits per heavy atom. The Kier molecular flexibility index (Phi) is 4.77. The summed E-state index contributed by atoms with van der Waals surface area (Å²) in [5.74, 6) is 0.0830. The van der Waals surface area contributed by atoms with E-state index in [0.717, 1.165) is 4.31 Å². The summed E-state index contributed by atoms with van der Waals surface area (Å²) < 4.78 is 31.6. The Morgan fingerprint density at radius 2 is 2.12 bits per heavy atom. The van der Waals surface area contributed by atoms with E-state index < -0.39 is 10.0 Å². The van der Waals surface area contributed by atoms with Gasteiger partial charge < -0.3 is 4.74 Å². The van der Waals surface area contributed by atoms with Crippen LogP contribution >= 0.6 is 22.9 Å². The average molecular weight is 388 g/mol. The molecule has 0 saturated carbocycles. The smallest absolute Gasteiger partial charge is 0.244 e. The van der Waals surface area contributed by atoms with Crippen LogP contribution in [0, 0.1) is 0 Å². The van der Waals surface area contributed by atoms with Crippen molar-refractivity contribution in [3.8, 4) is 5.75 Å². The molecule has 0 atom stereocenters. The molecule has 1 aromatic heterocycles. The van der Waals surface area contributed by atoms with Crippen molar-refractivity contribution in [3.63, 3.8) is 0 Å². The third-order valence-electron chi connectivity index (χ3n) is 3.60. The molecule has 0 bridgehead atoms. The highest BCUT2D eigenvalue weighted by atomic mass is 35.5. The molecule has 2 heterocycles. The number of methoxy groups -OCH3 is 1. The third kappa shape index (κ3) is 3.12. The summed E-state index contributed by atoms with van der Waals surface area (Å²) in [7, 11) is -2.36. The van der Waals surface area contributed by atoms with Gasteiger partial charge in [0.05, 0.1) is 23.6 Å². The highest BCUT2D eigenvalue weighted by Gasteiger charge is 2.34. The Labute approximate surface area is 148 Å². The zero-order valence-electron chi connectivity index (χ0n) is 12.7. The number of thiazole rings is 1. The van der Waals surface area contributed by atoms with Gasteiger partial charge in [-0.05, 0) is 18.2 Å². The Morgan fingerprint density at radius 3 is 2.71 bits per heavy atom. The quantitative estimate of drug-likeness (QED) is 0.799. The molecular formula is C14H14ClN3O4S2. The molecule has 0 aliphatic carbocycles. The molecule has 0 unspecified atom stereocenters. The molecule has 1 amide bonds. The number of halogens is 1. The summed E-state index contributed by atoms with van der Waals surface area (Å²) in [4.78, 5) is 17.9. The maximum Gasteiger partial charge on any atom is 0.244 e. The summed E-state index contributed by atoms with van der Waals surface area (Å²) in [5.41, 5.74) is 0. The second-order valence-electron chi connectivity index (χ2n) is 5.00. The Balaban J connectivity index is 1.82. The van der Waals surface area contributed by atoms with Crippen LogP contribution in [0.4, 0.5) is 5.13 Å². The number of amides is 1. The van der Waals surface area contributed by atoms with Gasteiger partial charge in [-0.1, -0.05) is 11.6 Å². The number of piperazine rings is 1. The van der Waals surface area contributed by atoms with Crippen LogP contribution in [-0.4, -0.2) is 50.4 Å². The van der Waals surface area contributed by atoms with Gasteiger partial charge in [-0.3, -0.25) is 9.69 Å². The fourth-order valence-electron chi connectivity index (χ4n) is 2.36. The van der Waals surface area contributed by atoms with Gasteiger partial charge in [0, 0.05) is 24.7 Å².